The first-order chi connectivity index (χ1) is 8.24. The first kappa shape index (κ1) is 12.3. The molecular weight excluding hydrogens is 254 g/mol. The first-order valence-corrected chi connectivity index (χ1v) is 6.93. The molecule has 2 aromatic rings. The molecule has 1 unspecified atom stereocenters. The predicted octanol–water partition coefficient (Wildman–Crippen LogP) is 3.59. The highest BCUT2D eigenvalue weighted by atomic mass is 35.5. The smallest absolute Gasteiger partial charge is 0.135 e. The minimum Gasteiger partial charge on any atom is -0.612 e. The number of aromatic amines is 1. The van der Waals surface area contributed by atoms with Crippen LogP contribution in [0.3, 0.4) is 0 Å². The Hall–Kier alpha value is -1.16. The van der Waals surface area contributed by atoms with Crippen LogP contribution in [0, 0.1) is 0 Å². The van der Waals surface area contributed by atoms with E-state index in [0.29, 0.717) is 10.8 Å². The zero-order valence-electron chi connectivity index (χ0n) is 9.10. The fraction of sp³-hybridized carbons (Fsp3) is 0.0769. The van der Waals surface area contributed by atoms with E-state index in [-0.39, 0.29) is 0 Å². The molecule has 0 spiro atoms. The van der Waals surface area contributed by atoms with Crippen molar-refractivity contribution in [1.82, 2.24) is 4.98 Å². The third-order valence-electron chi connectivity index (χ3n) is 2.24. The Labute approximate surface area is 109 Å². The van der Waals surface area contributed by atoms with Crippen molar-refractivity contribution in [2.75, 3.05) is 0 Å². The molecule has 1 N–H and O–H groups in total. The van der Waals surface area contributed by atoms with Crippen LogP contribution in [0.4, 0.5) is 0 Å². The van der Waals surface area contributed by atoms with E-state index >= 15 is 0 Å². The lowest BCUT2D eigenvalue weighted by molar-refractivity contribution is 0.603. The second kappa shape index (κ2) is 5.96. The molecule has 2 nitrogen and oxygen atoms in total. The second-order valence-electron chi connectivity index (χ2n) is 3.58. The van der Waals surface area contributed by atoms with E-state index in [1.807, 2.05) is 48.7 Å². The second-order valence-corrected chi connectivity index (χ2v) is 5.34. The van der Waals surface area contributed by atoms with Gasteiger partial charge in [-0.15, -0.1) is 0 Å². The summed E-state index contributed by atoms with van der Waals surface area (Å²) in [4.78, 5) is 3.03. The van der Waals surface area contributed by atoms with Crippen molar-refractivity contribution in [3.8, 4) is 0 Å². The van der Waals surface area contributed by atoms with Gasteiger partial charge in [-0.2, -0.15) is 0 Å². The summed E-state index contributed by atoms with van der Waals surface area (Å²) in [5, 5.41) is 2.39. The Balaban J connectivity index is 1.93. The lowest BCUT2D eigenvalue weighted by Crippen LogP contribution is -1.99. The summed E-state index contributed by atoms with van der Waals surface area (Å²) in [6.07, 6.45) is 3.66. The normalized spacial score (nSPS) is 13.1. The zero-order chi connectivity index (χ0) is 12.1. The quantitative estimate of drug-likeness (QED) is 0.843. The van der Waals surface area contributed by atoms with E-state index < -0.39 is 11.2 Å². The Kier molecular flexibility index (Phi) is 4.31. The number of aromatic nitrogens is 1. The fourth-order valence-electron chi connectivity index (χ4n) is 1.39. The minimum atomic E-state index is -1.01. The molecule has 0 saturated heterocycles. The highest BCUT2D eigenvalue weighted by molar-refractivity contribution is 7.93. The summed E-state index contributed by atoms with van der Waals surface area (Å²) in [5.74, 6) is 0.508. The van der Waals surface area contributed by atoms with Crippen molar-refractivity contribution in [2.45, 2.75) is 5.75 Å². The molecule has 0 saturated carbocycles. The maximum Gasteiger partial charge on any atom is 0.135 e. The Morgan fingerprint density at radius 1 is 1.24 bits per heavy atom. The molecule has 0 bridgehead atoms. The van der Waals surface area contributed by atoms with Crippen molar-refractivity contribution < 1.29 is 4.55 Å². The lowest BCUT2D eigenvalue weighted by Gasteiger charge is -2.05. The molecule has 0 aliphatic rings. The highest BCUT2D eigenvalue weighted by Crippen LogP contribution is 2.13. The highest BCUT2D eigenvalue weighted by Gasteiger charge is 2.03. The van der Waals surface area contributed by atoms with Gasteiger partial charge in [-0.1, -0.05) is 23.7 Å². The average molecular weight is 266 g/mol. The van der Waals surface area contributed by atoms with Gasteiger partial charge in [-0.05, 0) is 35.4 Å². The molecule has 2 rings (SSSR count). The zero-order valence-corrected chi connectivity index (χ0v) is 10.7. The van der Waals surface area contributed by atoms with Crippen LogP contribution in [-0.2, 0) is 16.9 Å². The van der Waals surface area contributed by atoms with Crippen LogP contribution in [0.2, 0.25) is 5.02 Å². The van der Waals surface area contributed by atoms with Gasteiger partial charge in [-0.3, -0.25) is 0 Å². The van der Waals surface area contributed by atoms with Crippen molar-refractivity contribution in [3.63, 3.8) is 0 Å². The third kappa shape index (κ3) is 3.97. The van der Waals surface area contributed by atoms with Gasteiger partial charge >= 0.3 is 0 Å². The van der Waals surface area contributed by atoms with Crippen molar-refractivity contribution in [3.05, 3.63) is 64.3 Å². The van der Waals surface area contributed by atoms with Crippen molar-refractivity contribution in [2.24, 2.45) is 0 Å². The van der Waals surface area contributed by atoms with Crippen LogP contribution in [-0.4, -0.2) is 9.54 Å². The number of halogens is 1. The van der Waals surface area contributed by atoms with Crippen LogP contribution in [0.5, 0.6) is 0 Å². The maximum atomic E-state index is 11.8. The van der Waals surface area contributed by atoms with Gasteiger partial charge in [0.25, 0.3) is 0 Å². The van der Waals surface area contributed by atoms with Gasteiger partial charge in [0, 0.05) is 28.6 Å². The third-order valence-corrected chi connectivity index (χ3v) is 3.55. The lowest BCUT2D eigenvalue weighted by atomic mass is 10.2. The minimum absolute atomic E-state index is 0.508. The van der Waals surface area contributed by atoms with E-state index in [2.05, 4.69) is 4.98 Å². The van der Waals surface area contributed by atoms with Crippen LogP contribution in [0.1, 0.15) is 11.3 Å². The summed E-state index contributed by atoms with van der Waals surface area (Å²) < 4.78 is 11.8. The van der Waals surface area contributed by atoms with Crippen LogP contribution in [0.15, 0.2) is 48.0 Å². The molecule has 1 aromatic heterocycles. The van der Waals surface area contributed by atoms with E-state index in [9.17, 15) is 4.55 Å². The number of hydrogen-bond donors (Lipinski definition) is 1. The van der Waals surface area contributed by atoms with Gasteiger partial charge in [-0.25, -0.2) is 0 Å². The molecule has 0 fully saturated rings. The molecule has 0 aliphatic heterocycles. The standard InChI is InChI=1S/C13H12ClNOS/c14-12-5-3-11(4-6-12)10-17(16)9-7-13-2-1-8-15-13/h1-9,15H,10H2/b9-7+. The van der Waals surface area contributed by atoms with Gasteiger partial charge in [0.05, 0.1) is 0 Å². The molecule has 4 heteroatoms. The molecule has 1 aromatic carbocycles. The molecule has 1 heterocycles. The summed E-state index contributed by atoms with van der Waals surface area (Å²) in [7, 11) is 0. The first-order valence-electron chi connectivity index (χ1n) is 5.17. The summed E-state index contributed by atoms with van der Waals surface area (Å²) >= 11 is 4.78. The monoisotopic (exact) mass is 265 g/mol. The predicted molar refractivity (Wildman–Crippen MR) is 73.1 cm³/mol. The molecule has 0 radical (unpaired) electrons. The Bertz CT molecular complexity index is 479. The summed E-state index contributed by atoms with van der Waals surface area (Å²) in [6, 6.07) is 11.2. The number of rotatable bonds is 4. The number of benzene rings is 1. The molecule has 17 heavy (non-hydrogen) atoms. The molecule has 0 amide bonds. The van der Waals surface area contributed by atoms with Crippen molar-refractivity contribution >= 4 is 28.9 Å². The molecular formula is C13H12ClNOS. The summed E-state index contributed by atoms with van der Waals surface area (Å²) in [5.41, 5.74) is 1.97. The van der Waals surface area contributed by atoms with Gasteiger partial charge in [0.15, 0.2) is 0 Å². The molecule has 1 atom stereocenters. The summed E-state index contributed by atoms with van der Waals surface area (Å²) in [6.45, 7) is 0. The number of hydrogen-bond acceptors (Lipinski definition) is 1. The molecule has 0 aliphatic carbocycles. The topological polar surface area (TPSA) is 38.8 Å². The van der Waals surface area contributed by atoms with E-state index in [1.54, 1.807) is 5.41 Å². The van der Waals surface area contributed by atoms with E-state index in [1.165, 1.54) is 0 Å². The van der Waals surface area contributed by atoms with E-state index in [0.717, 1.165) is 11.3 Å². The van der Waals surface area contributed by atoms with E-state index in [4.69, 9.17) is 11.6 Å². The maximum absolute atomic E-state index is 11.8. The van der Waals surface area contributed by atoms with Gasteiger partial charge in [0.2, 0.25) is 0 Å². The van der Waals surface area contributed by atoms with Gasteiger partial charge < -0.3 is 9.54 Å². The number of nitrogens with one attached hydrogen (secondary N) is 1. The van der Waals surface area contributed by atoms with Gasteiger partial charge in [0.1, 0.15) is 11.2 Å². The largest absolute Gasteiger partial charge is 0.612 e. The Morgan fingerprint density at radius 3 is 2.65 bits per heavy atom. The van der Waals surface area contributed by atoms with Crippen LogP contribution >= 0.6 is 11.6 Å². The Morgan fingerprint density at radius 2 is 2.00 bits per heavy atom. The number of H-pyrrole nitrogens is 1. The SMILES string of the molecule is [O-][S+](/C=C/c1ccc[nH]1)Cc1ccc(Cl)cc1. The average Bonchev–Trinajstić information content (AvgIpc) is 2.83. The van der Waals surface area contributed by atoms with Crippen LogP contribution in [0.25, 0.3) is 6.08 Å². The van der Waals surface area contributed by atoms with Crippen LogP contribution < -0.4 is 0 Å². The van der Waals surface area contributed by atoms with Crippen molar-refractivity contribution in [1.29, 1.82) is 0 Å². The molecule has 88 valence electrons. The fourth-order valence-corrected chi connectivity index (χ4v) is 2.43.